The summed E-state index contributed by atoms with van der Waals surface area (Å²) in [5, 5.41) is 11.0. The Kier molecular flexibility index (Phi) is 5.07. The van der Waals surface area contributed by atoms with E-state index in [1.807, 2.05) is 0 Å². The van der Waals surface area contributed by atoms with E-state index in [1.165, 1.54) is 49.4 Å². The lowest BCUT2D eigenvalue weighted by atomic mass is 10.3. The summed E-state index contributed by atoms with van der Waals surface area (Å²) >= 11 is 0. The van der Waals surface area contributed by atoms with E-state index in [4.69, 9.17) is 10.5 Å². The molecule has 23 heavy (non-hydrogen) atoms. The molecule has 0 spiro atoms. The number of benzene rings is 2. The molecular formula is C15H14N2O5S. The smallest absolute Gasteiger partial charge is 0.285 e. The molecule has 2 aromatic rings. The van der Waals surface area contributed by atoms with E-state index in [1.54, 1.807) is 6.07 Å². The first-order chi connectivity index (χ1) is 10.9. The molecule has 120 valence electrons. The highest BCUT2D eigenvalue weighted by Gasteiger charge is 2.19. The molecule has 0 radical (unpaired) electrons. The van der Waals surface area contributed by atoms with Crippen molar-refractivity contribution in [2.45, 2.75) is 22.8 Å². The first-order valence-electron chi connectivity index (χ1n) is 6.61. The van der Waals surface area contributed by atoms with Gasteiger partial charge in [-0.2, -0.15) is 0 Å². The van der Waals surface area contributed by atoms with Crippen LogP contribution in [0.15, 0.2) is 58.3 Å². The van der Waals surface area contributed by atoms with Gasteiger partial charge in [0, 0.05) is 11.0 Å². The molecule has 7 nitrogen and oxygen atoms in total. The van der Waals surface area contributed by atoms with Gasteiger partial charge in [-0.3, -0.25) is 14.9 Å². The van der Waals surface area contributed by atoms with Crippen molar-refractivity contribution in [2.75, 3.05) is 0 Å². The molecule has 2 atom stereocenters. The van der Waals surface area contributed by atoms with Gasteiger partial charge >= 0.3 is 0 Å². The number of primary amides is 1. The lowest BCUT2D eigenvalue weighted by Gasteiger charge is -2.11. The van der Waals surface area contributed by atoms with Crippen LogP contribution in [0.2, 0.25) is 0 Å². The van der Waals surface area contributed by atoms with E-state index in [-0.39, 0.29) is 10.6 Å². The fraction of sp³-hybridized carbons (Fsp3) is 0.133. The molecule has 0 aliphatic heterocycles. The minimum atomic E-state index is -1.70. The second-order valence-electron chi connectivity index (χ2n) is 4.63. The molecule has 0 saturated heterocycles. The third-order valence-corrected chi connectivity index (χ3v) is 4.46. The van der Waals surface area contributed by atoms with Crippen LogP contribution in [0.3, 0.4) is 0 Å². The van der Waals surface area contributed by atoms with Crippen LogP contribution in [0.5, 0.6) is 5.75 Å². The summed E-state index contributed by atoms with van der Waals surface area (Å²) in [6.45, 7) is 1.52. The molecule has 1 amide bonds. The fourth-order valence-corrected chi connectivity index (χ4v) is 2.97. The molecule has 0 aromatic heterocycles. The van der Waals surface area contributed by atoms with Crippen molar-refractivity contribution >= 4 is 22.4 Å². The highest BCUT2D eigenvalue weighted by molar-refractivity contribution is 7.85. The number of hydrogen-bond donors (Lipinski definition) is 1. The van der Waals surface area contributed by atoms with Crippen molar-refractivity contribution in [1.29, 1.82) is 0 Å². The fourth-order valence-electron chi connectivity index (χ4n) is 1.80. The largest absolute Gasteiger partial charge is 0.481 e. The average Bonchev–Trinajstić information content (AvgIpc) is 2.54. The maximum Gasteiger partial charge on any atom is 0.285 e. The number of nitrogens with two attached hydrogens (primary N) is 1. The third kappa shape index (κ3) is 3.92. The van der Waals surface area contributed by atoms with Gasteiger partial charge in [-0.25, -0.2) is 4.21 Å². The molecule has 2 N–H and O–H groups in total. The van der Waals surface area contributed by atoms with Crippen molar-refractivity contribution in [1.82, 2.24) is 0 Å². The number of nitro benzene ring substituents is 1. The Bertz CT molecular complexity index is 761. The molecule has 0 heterocycles. The van der Waals surface area contributed by atoms with Gasteiger partial charge in [0.05, 0.1) is 15.7 Å². The number of ether oxygens (including phenoxy) is 1. The first kappa shape index (κ1) is 16.6. The summed E-state index contributed by atoms with van der Waals surface area (Å²) < 4.78 is 17.8. The molecule has 2 rings (SSSR count). The minimum Gasteiger partial charge on any atom is -0.481 e. The van der Waals surface area contributed by atoms with E-state index < -0.39 is 27.7 Å². The summed E-state index contributed by atoms with van der Waals surface area (Å²) in [7, 11) is -1.70. The Labute approximate surface area is 134 Å². The Morgan fingerprint density at radius 3 is 2.39 bits per heavy atom. The van der Waals surface area contributed by atoms with Crippen LogP contribution < -0.4 is 10.5 Å². The summed E-state index contributed by atoms with van der Waals surface area (Å²) in [5.41, 5.74) is 4.91. The molecule has 0 fully saturated rings. The number of hydrogen-bond acceptors (Lipinski definition) is 5. The van der Waals surface area contributed by atoms with Gasteiger partial charge in [-0.1, -0.05) is 12.1 Å². The highest BCUT2D eigenvalue weighted by atomic mass is 32.2. The molecule has 2 unspecified atom stereocenters. The van der Waals surface area contributed by atoms with Crippen molar-refractivity contribution < 1.29 is 18.7 Å². The monoisotopic (exact) mass is 334 g/mol. The zero-order chi connectivity index (χ0) is 17.0. The number of amides is 1. The Morgan fingerprint density at radius 2 is 1.83 bits per heavy atom. The molecule has 0 bridgehead atoms. The van der Waals surface area contributed by atoms with Gasteiger partial charge in [0.25, 0.3) is 11.6 Å². The van der Waals surface area contributed by atoms with E-state index in [0.717, 1.165) is 0 Å². The quantitative estimate of drug-likeness (QED) is 0.641. The van der Waals surface area contributed by atoms with E-state index in [0.29, 0.717) is 10.6 Å². The van der Waals surface area contributed by atoms with Crippen LogP contribution in [0.4, 0.5) is 5.69 Å². The van der Waals surface area contributed by atoms with Crippen LogP contribution in [-0.4, -0.2) is 21.1 Å². The number of nitro groups is 1. The molecule has 2 aromatic carbocycles. The van der Waals surface area contributed by atoms with E-state index >= 15 is 0 Å². The SMILES string of the molecule is CC(Oc1ccc(S(=O)c2ccccc2[N+](=O)[O-])cc1)C(N)=O. The van der Waals surface area contributed by atoms with E-state index in [2.05, 4.69) is 0 Å². The van der Waals surface area contributed by atoms with Gasteiger partial charge in [0.1, 0.15) is 10.6 Å². The van der Waals surface area contributed by atoms with Gasteiger partial charge in [-0.15, -0.1) is 0 Å². The predicted molar refractivity (Wildman–Crippen MR) is 83.5 cm³/mol. The number of carbonyl (C=O) groups excluding carboxylic acids is 1. The number of carbonyl (C=O) groups is 1. The lowest BCUT2D eigenvalue weighted by molar-refractivity contribution is -0.387. The van der Waals surface area contributed by atoms with Crippen LogP contribution in [-0.2, 0) is 15.6 Å². The molecule has 8 heteroatoms. The molecule has 0 saturated carbocycles. The predicted octanol–water partition coefficient (Wildman–Crippen LogP) is 2.01. The number of nitrogens with zero attached hydrogens (tertiary/aromatic N) is 1. The topological polar surface area (TPSA) is 113 Å². The van der Waals surface area contributed by atoms with Crippen molar-refractivity contribution in [3.8, 4) is 5.75 Å². The first-order valence-corrected chi connectivity index (χ1v) is 7.76. The normalized spacial score (nSPS) is 13.1. The number of para-hydroxylation sites is 1. The summed E-state index contributed by atoms with van der Waals surface area (Å²) in [5.74, 6) is -0.211. The standard InChI is InChI=1S/C15H14N2O5S/c1-10(15(16)18)22-11-6-8-12(9-7-11)23(21)14-5-3-2-4-13(14)17(19)20/h2-10H,1H3,(H2,16,18). The Hall–Kier alpha value is -2.74. The van der Waals surface area contributed by atoms with Crippen LogP contribution in [0.25, 0.3) is 0 Å². The lowest BCUT2D eigenvalue weighted by Crippen LogP contribution is -2.30. The highest BCUT2D eigenvalue weighted by Crippen LogP contribution is 2.27. The van der Waals surface area contributed by atoms with Gasteiger partial charge in [0.2, 0.25) is 0 Å². The van der Waals surface area contributed by atoms with Gasteiger partial charge in [0.15, 0.2) is 6.10 Å². The van der Waals surface area contributed by atoms with Crippen molar-refractivity contribution in [2.24, 2.45) is 5.73 Å². The maximum atomic E-state index is 12.5. The van der Waals surface area contributed by atoms with Crippen LogP contribution in [0.1, 0.15) is 6.92 Å². The van der Waals surface area contributed by atoms with E-state index in [9.17, 15) is 19.1 Å². The van der Waals surface area contributed by atoms with Crippen LogP contribution in [0, 0.1) is 10.1 Å². The van der Waals surface area contributed by atoms with Gasteiger partial charge < -0.3 is 10.5 Å². The zero-order valence-electron chi connectivity index (χ0n) is 12.2. The molecule has 0 aliphatic rings. The number of rotatable bonds is 6. The average molecular weight is 334 g/mol. The third-order valence-electron chi connectivity index (χ3n) is 3.01. The zero-order valence-corrected chi connectivity index (χ0v) is 13.0. The van der Waals surface area contributed by atoms with Crippen molar-refractivity contribution in [3.05, 3.63) is 58.6 Å². The maximum absolute atomic E-state index is 12.5. The van der Waals surface area contributed by atoms with Gasteiger partial charge in [-0.05, 0) is 37.3 Å². The Balaban J connectivity index is 2.25. The van der Waals surface area contributed by atoms with Crippen LogP contribution >= 0.6 is 0 Å². The summed E-state index contributed by atoms with van der Waals surface area (Å²) in [4.78, 5) is 21.9. The summed E-state index contributed by atoms with van der Waals surface area (Å²) in [6.07, 6.45) is -0.790. The molecular weight excluding hydrogens is 320 g/mol. The second-order valence-corrected chi connectivity index (χ2v) is 6.08. The van der Waals surface area contributed by atoms with Crippen molar-refractivity contribution in [3.63, 3.8) is 0 Å². The summed E-state index contributed by atoms with van der Waals surface area (Å²) in [6, 6.07) is 12.0. The Morgan fingerprint density at radius 1 is 1.22 bits per heavy atom. The second kappa shape index (κ2) is 7.01. The minimum absolute atomic E-state index is 0.122. The molecule has 0 aliphatic carbocycles.